The van der Waals surface area contributed by atoms with Crippen LogP contribution in [0, 0.1) is 18.8 Å². The summed E-state index contributed by atoms with van der Waals surface area (Å²) in [5.74, 6) is 1.22. The summed E-state index contributed by atoms with van der Waals surface area (Å²) < 4.78 is 27.6. The monoisotopic (exact) mass is 376 g/mol. The molecular weight excluding hydrogens is 348 g/mol. The van der Waals surface area contributed by atoms with Crippen LogP contribution >= 0.6 is 0 Å². The Hall–Kier alpha value is -1.40. The number of rotatable bonds is 4. The first kappa shape index (κ1) is 18.0. The Balaban J connectivity index is 1.54. The third kappa shape index (κ3) is 3.29. The Morgan fingerprint density at radius 3 is 2.54 bits per heavy atom. The number of amides is 1. The maximum Gasteiger partial charge on any atom is 0.251 e. The molecule has 1 aliphatic heterocycles. The van der Waals surface area contributed by atoms with Gasteiger partial charge in [0.05, 0.1) is 4.90 Å². The van der Waals surface area contributed by atoms with E-state index in [2.05, 4.69) is 5.32 Å². The Labute approximate surface area is 156 Å². The van der Waals surface area contributed by atoms with Gasteiger partial charge in [-0.25, -0.2) is 8.42 Å². The van der Waals surface area contributed by atoms with Crippen molar-refractivity contribution in [1.82, 2.24) is 9.62 Å². The number of carbonyl (C=O) groups is 1. The van der Waals surface area contributed by atoms with E-state index >= 15 is 0 Å². The molecule has 26 heavy (non-hydrogen) atoms. The molecule has 6 heteroatoms. The highest BCUT2D eigenvalue weighted by Crippen LogP contribution is 2.44. The molecule has 1 heterocycles. The van der Waals surface area contributed by atoms with Crippen molar-refractivity contribution in [3.8, 4) is 0 Å². The maximum absolute atomic E-state index is 13.0. The second-order valence-corrected chi connectivity index (χ2v) is 10.1. The quantitative estimate of drug-likeness (QED) is 0.878. The summed E-state index contributed by atoms with van der Waals surface area (Å²) in [4.78, 5) is 13.0. The minimum atomic E-state index is -3.53. The molecule has 3 aliphatic rings. The fourth-order valence-corrected chi connectivity index (χ4v) is 6.70. The van der Waals surface area contributed by atoms with Crippen molar-refractivity contribution in [3.05, 3.63) is 29.3 Å². The Morgan fingerprint density at radius 2 is 1.88 bits per heavy atom. The summed E-state index contributed by atoms with van der Waals surface area (Å²) in [7, 11) is -3.53. The van der Waals surface area contributed by atoms with Crippen molar-refractivity contribution < 1.29 is 13.2 Å². The molecule has 1 saturated heterocycles. The molecule has 0 aromatic heterocycles. The van der Waals surface area contributed by atoms with Gasteiger partial charge in [0.15, 0.2) is 0 Å². The first-order valence-electron chi connectivity index (χ1n) is 9.87. The van der Waals surface area contributed by atoms with Crippen molar-refractivity contribution in [2.45, 2.75) is 62.8 Å². The number of fused-ring (bicyclic) bond motifs is 2. The van der Waals surface area contributed by atoms with Gasteiger partial charge in [0.25, 0.3) is 5.91 Å². The number of sulfonamides is 1. The van der Waals surface area contributed by atoms with Gasteiger partial charge >= 0.3 is 0 Å². The molecule has 2 saturated carbocycles. The van der Waals surface area contributed by atoms with Gasteiger partial charge in [-0.05, 0) is 68.6 Å². The smallest absolute Gasteiger partial charge is 0.251 e. The van der Waals surface area contributed by atoms with Gasteiger partial charge in [-0.1, -0.05) is 18.9 Å². The molecule has 1 aromatic carbocycles. The lowest BCUT2D eigenvalue weighted by Crippen LogP contribution is -2.39. The molecule has 0 radical (unpaired) electrons. The standard InChI is InChI=1S/C20H28N2O3S/c1-14-5-7-17(20(23)21-18-12-15-6-8-16(18)11-15)13-19(14)26(24,25)22-9-3-2-4-10-22/h5,7,13,15-16,18H,2-4,6,8-12H2,1H3,(H,21,23)/t15-,16-,18-/m0/s1. The van der Waals surface area contributed by atoms with Crippen LogP contribution in [0.4, 0.5) is 0 Å². The first-order chi connectivity index (χ1) is 12.4. The number of carbonyl (C=O) groups excluding carboxylic acids is 1. The highest BCUT2D eigenvalue weighted by atomic mass is 32.2. The third-order valence-electron chi connectivity index (χ3n) is 6.44. The van der Waals surface area contributed by atoms with E-state index in [9.17, 15) is 13.2 Å². The van der Waals surface area contributed by atoms with Crippen LogP contribution in [0.15, 0.2) is 23.1 Å². The minimum Gasteiger partial charge on any atom is -0.349 e. The van der Waals surface area contributed by atoms with Crippen molar-refractivity contribution in [2.24, 2.45) is 11.8 Å². The summed E-state index contributed by atoms with van der Waals surface area (Å²) in [5, 5.41) is 3.16. The summed E-state index contributed by atoms with van der Waals surface area (Å²) in [6, 6.07) is 5.33. The Bertz CT molecular complexity index is 799. The fraction of sp³-hybridized carbons (Fsp3) is 0.650. The van der Waals surface area contributed by atoms with Gasteiger partial charge in [-0.3, -0.25) is 4.79 Å². The molecule has 4 rings (SSSR count). The third-order valence-corrected chi connectivity index (χ3v) is 8.48. The number of nitrogens with zero attached hydrogens (tertiary/aromatic N) is 1. The van der Waals surface area contributed by atoms with Gasteiger partial charge in [0.1, 0.15) is 0 Å². The molecule has 0 unspecified atom stereocenters. The molecular formula is C20H28N2O3S. The molecule has 1 N–H and O–H groups in total. The number of hydrogen-bond donors (Lipinski definition) is 1. The first-order valence-corrected chi connectivity index (χ1v) is 11.3. The Kier molecular flexibility index (Phi) is 4.82. The van der Waals surface area contributed by atoms with Gasteiger partial charge < -0.3 is 5.32 Å². The van der Waals surface area contributed by atoms with Crippen LogP contribution in [0.2, 0.25) is 0 Å². The molecule has 3 atom stereocenters. The van der Waals surface area contributed by atoms with Crippen LogP contribution in [-0.2, 0) is 10.0 Å². The van der Waals surface area contributed by atoms with Crippen LogP contribution in [0.25, 0.3) is 0 Å². The molecule has 142 valence electrons. The number of aryl methyl sites for hydroxylation is 1. The zero-order chi connectivity index (χ0) is 18.3. The lowest BCUT2D eigenvalue weighted by atomic mass is 9.95. The number of hydrogen-bond acceptors (Lipinski definition) is 3. The number of nitrogens with one attached hydrogen (secondary N) is 1. The molecule has 1 amide bonds. The average Bonchev–Trinajstić information content (AvgIpc) is 3.25. The van der Waals surface area contributed by atoms with Crippen molar-refractivity contribution in [1.29, 1.82) is 0 Å². The van der Waals surface area contributed by atoms with E-state index in [1.165, 1.54) is 19.3 Å². The second-order valence-electron chi connectivity index (χ2n) is 8.20. The topological polar surface area (TPSA) is 66.5 Å². The normalized spacial score (nSPS) is 29.0. The lowest BCUT2D eigenvalue weighted by Gasteiger charge is -2.27. The van der Waals surface area contributed by atoms with E-state index in [0.717, 1.165) is 31.6 Å². The van der Waals surface area contributed by atoms with Crippen LogP contribution in [-0.4, -0.2) is 37.8 Å². The number of piperidine rings is 1. The average molecular weight is 377 g/mol. The minimum absolute atomic E-state index is 0.141. The summed E-state index contributed by atoms with van der Waals surface area (Å²) >= 11 is 0. The molecule has 3 fully saturated rings. The molecule has 5 nitrogen and oxygen atoms in total. The van der Waals surface area contributed by atoms with Crippen molar-refractivity contribution >= 4 is 15.9 Å². The van der Waals surface area contributed by atoms with E-state index in [-0.39, 0.29) is 16.8 Å². The van der Waals surface area contributed by atoms with Crippen LogP contribution < -0.4 is 5.32 Å². The maximum atomic E-state index is 13.0. The predicted molar refractivity (Wildman–Crippen MR) is 100 cm³/mol. The van der Waals surface area contributed by atoms with E-state index < -0.39 is 10.0 Å². The van der Waals surface area contributed by atoms with E-state index in [4.69, 9.17) is 0 Å². The van der Waals surface area contributed by atoms with Crippen LogP contribution in [0.1, 0.15) is 60.9 Å². The molecule has 0 spiro atoms. The van der Waals surface area contributed by atoms with Gasteiger partial charge in [-0.2, -0.15) is 4.31 Å². The fourth-order valence-electron chi connectivity index (χ4n) is 4.94. The SMILES string of the molecule is Cc1ccc(C(=O)N[C@H]2C[C@H]3CC[C@H]2C3)cc1S(=O)(=O)N1CCCCC1. The predicted octanol–water partition coefficient (Wildman–Crippen LogP) is 3.09. The van der Waals surface area contributed by atoms with E-state index in [1.54, 1.807) is 29.4 Å². The van der Waals surface area contributed by atoms with Gasteiger partial charge in [0, 0.05) is 24.7 Å². The van der Waals surface area contributed by atoms with Crippen molar-refractivity contribution in [2.75, 3.05) is 13.1 Å². The van der Waals surface area contributed by atoms with E-state index in [0.29, 0.717) is 30.1 Å². The van der Waals surface area contributed by atoms with Crippen molar-refractivity contribution in [3.63, 3.8) is 0 Å². The zero-order valence-electron chi connectivity index (χ0n) is 15.4. The highest BCUT2D eigenvalue weighted by molar-refractivity contribution is 7.89. The largest absolute Gasteiger partial charge is 0.349 e. The summed E-state index contributed by atoms with van der Waals surface area (Å²) in [5.41, 5.74) is 1.15. The highest BCUT2D eigenvalue weighted by Gasteiger charge is 2.40. The zero-order valence-corrected chi connectivity index (χ0v) is 16.2. The summed E-state index contributed by atoms with van der Waals surface area (Å²) in [6.07, 6.45) is 7.69. The van der Waals surface area contributed by atoms with Crippen LogP contribution in [0.3, 0.4) is 0 Å². The molecule has 2 bridgehead atoms. The molecule has 2 aliphatic carbocycles. The van der Waals surface area contributed by atoms with E-state index in [1.807, 2.05) is 0 Å². The Morgan fingerprint density at radius 1 is 1.12 bits per heavy atom. The second kappa shape index (κ2) is 6.97. The van der Waals surface area contributed by atoms with Crippen LogP contribution in [0.5, 0.6) is 0 Å². The van der Waals surface area contributed by atoms with Gasteiger partial charge in [0.2, 0.25) is 10.0 Å². The summed E-state index contributed by atoms with van der Waals surface area (Å²) in [6.45, 7) is 2.95. The van der Waals surface area contributed by atoms with Gasteiger partial charge in [-0.15, -0.1) is 0 Å². The molecule has 1 aromatic rings. The lowest BCUT2D eigenvalue weighted by molar-refractivity contribution is 0.0922. The number of benzene rings is 1.